The summed E-state index contributed by atoms with van der Waals surface area (Å²) >= 11 is 1.30. The average Bonchev–Trinajstić information content (AvgIpc) is 3.49. The smallest absolute Gasteiger partial charge is 0.270 e. The van der Waals surface area contributed by atoms with E-state index in [2.05, 4.69) is 31.2 Å². The molecule has 3 heterocycles. The lowest BCUT2D eigenvalue weighted by Crippen LogP contribution is -2.54. The topological polar surface area (TPSA) is 151 Å². The molecule has 4 rings (SSSR count). The van der Waals surface area contributed by atoms with E-state index >= 15 is 0 Å². The summed E-state index contributed by atoms with van der Waals surface area (Å²) in [4.78, 5) is 61.2. The molecule has 1 aliphatic rings. The Hall–Kier alpha value is -4.32. The first kappa shape index (κ1) is 29.7. The van der Waals surface area contributed by atoms with E-state index in [0.717, 1.165) is 5.56 Å². The standard InChI is InChI=1S/C29H34N6O5S/c1-3-20-27(38)34-22(15-18-9-5-4-6-10-18)29-35-23(17-41-29)26(37)31-13-8-7-11-21(28(39)32-20)33-25(36)19-12-14-30-16-24(19)40-2/h4-6,9-10,12,14,16-17,20-22H,3,7-8,11,13,15H2,1-2H3,(H,31,37)(H,32,39)(H,33,36)(H,34,38)/t20-,21+,22+/m1/s1. The molecule has 0 saturated heterocycles. The first-order chi connectivity index (χ1) is 19.9. The summed E-state index contributed by atoms with van der Waals surface area (Å²) in [7, 11) is 1.43. The van der Waals surface area contributed by atoms with Crippen LogP contribution in [0, 0.1) is 0 Å². The van der Waals surface area contributed by atoms with Crippen LogP contribution in [-0.2, 0) is 16.0 Å². The van der Waals surface area contributed by atoms with Crippen molar-refractivity contribution in [1.82, 2.24) is 31.2 Å². The molecule has 4 N–H and O–H groups in total. The van der Waals surface area contributed by atoms with Gasteiger partial charge in [-0.05, 0) is 43.7 Å². The van der Waals surface area contributed by atoms with Gasteiger partial charge in [-0.1, -0.05) is 37.3 Å². The Morgan fingerprint density at radius 3 is 2.61 bits per heavy atom. The van der Waals surface area contributed by atoms with Gasteiger partial charge in [-0.25, -0.2) is 4.98 Å². The zero-order chi connectivity index (χ0) is 29.2. The van der Waals surface area contributed by atoms with Crippen LogP contribution in [0.3, 0.4) is 0 Å². The second-order valence-electron chi connectivity index (χ2n) is 9.64. The number of rotatable bonds is 6. The third-order valence-electron chi connectivity index (χ3n) is 6.77. The van der Waals surface area contributed by atoms with Crippen LogP contribution < -0.4 is 26.0 Å². The second kappa shape index (κ2) is 14.4. The highest BCUT2D eigenvalue weighted by molar-refractivity contribution is 7.09. The van der Waals surface area contributed by atoms with Crippen LogP contribution in [-0.4, -0.2) is 59.3 Å². The van der Waals surface area contributed by atoms with Crippen LogP contribution in [0.15, 0.2) is 54.2 Å². The first-order valence-corrected chi connectivity index (χ1v) is 14.4. The van der Waals surface area contributed by atoms with E-state index in [1.165, 1.54) is 36.9 Å². The van der Waals surface area contributed by atoms with Gasteiger partial charge in [-0.3, -0.25) is 24.2 Å². The fourth-order valence-electron chi connectivity index (χ4n) is 4.50. The number of carbonyl (C=O) groups is 4. The van der Waals surface area contributed by atoms with Crippen LogP contribution in [0.5, 0.6) is 5.75 Å². The molecule has 216 valence electrons. The summed E-state index contributed by atoms with van der Waals surface area (Å²) in [6.45, 7) is 2.18. The van der Waals surface area contributed by atoms with E-state index in [1.807, 2.05) is 30.3 Å². The third-order valence-corrected chi connectivity index (χ3v) is 7.73. The number of benzene rings is 1. The van der Waals surface area contributed by atoms with Crippen molar-refractivity contribution < 1.29 is 23.9 Å². The predicted octanol–water partition coefficient (Wildman–Crippen LogP) is 2.55. The molecule has 1 aromatic carbocycles. The van der Waals surface area contributed by atoms with Crippen molar-refractivity contribution >= 4 is 35.0 Å². The molecule has 0 unspecified atom stereocenters. The molecular formula is C29H34N6O5S. The summed E-state index contributed by atoms with van der Waals surface area (Å²) < 4.78 is 5.24. The number of amides is 4. The SMILES string of the molecule is CC[C@H]1NC(=O)[C@@H](NC(=O)c2ccncc2OC)CCCCNC(=O)c2csc(n2)[C@H](Cc2ccccc2)NC1=O. The van der Waals surface area contributed by atoms with Crippen molar-refractivity contribution in [2.24, 2.45) is 0 Å². The number of hydrogen-bond donors (Lipinski definition) is 4. The Morgan fingerprint density at radius 1 is 1.07 bits per heavy atom. The first-order valence-electron chi connectivity index (χ1n) is 13.6. The van der Waals surface area contributed by atoms with Crippen molar-refractivity contribution in [1.29, 1.82) is 0 Å². The van der Waals surface area contributed by atoms with Crippen LogP contribution >= 0.6 is 11.3 Å². The summed E-state index contributed by atoms with van der Waals surface area (Å²) in [5.74, 6) is -1.37. The van der Waals surface area contributed by atoms with E-state index in [1.54, 1.807) is 12.3 Å². The van der Waals surface area contributed by atoms with Gasteiger partial charge in [-0.15, -0.1) is 11.3 Å². The normalized spacial score (nSPS) is 20.3. The Labute approximate surface area is 242 Å². The van der Waals surface area contributed by atoms with E-state index in [4.69, 9.17) is 4.74 Å². The molecule has 3 aromatic rings. The predicted molar refractivity (Wildman–Crippen MR) is 154 cm³/mol. The van der Waals surface area contributed by atoms with Gasteiger partial charge in [0, 0.05) is 18.1 Å². The monoisotopic (exact) mass is 578 g/mol. The Bertz CT molecular complexity index is 1360. The number of pyridine rings is 1. The molecular weight excluding hydrogens is 544 g/mol. The number of methoxy groups -OCH3 is 1. The lowest BCUT2D eigenvalue weighted by molar-refractivity contribution is -0.130. The minimum Gasteiger partial charge on any atom is -0.494 e. The van der Waals surface area contributed by atoms with Crippen molar-refractivity contribution in [3.8, 4) is 5.75 Å². The second-order valence-corrected chi connectivity index (χ2v) is 10.5. The van der Waals surface area contributed by atoms with Gasteiger partial charge in [0.1, 0.15) is 28.5 Å². The Morgan fingerprint density at radius 2 is 1.85 bits per heavy atom. The molecule has 0 spiro atoms. The lowest BCUT2D eigenvalue weighted by atomic mass is 10.0. The Balaban J connectivity index is 1.57. The van der Waals surface area contributed by atoms with E-state index in [0.29, 0.717) is 49.4 Å². The highest BCUT2D eigenvalue weighted by Crippen LogP contribution is 2.23. The molecule has 0 saturated carbocycles. The minimum absolute atomic E-state index is 0.241. The van der Waals surface area contributed by atoms with Crippen LogP contribution in [0.4, 0.5) is 0 Å². The zero-order valence-corrected chi connectivity index (χ0v) is 23.8. The number of nitrogens with zero attached hydrogens (tertiary/aromatic N) is 2. The van der Waals surface area contributed by atoms with Crippen LogP contribution in [0.2, 0.25) is 0 Å². The zero-order valence-electron chi connectivity index (χ0n) is 23.0. The Kier molecular flexibility index (Phi) is 10.4. The van der Waals surface area contributed by atoms with Crippen LogP contribution in [0.1, 0.15) is 70.1 Å². The maximum atomic E-state index is 13.5. The number of hydrogen-bond acceptors (Lipinski definition) is 8. The summed E-state index contributed by atoms with van der Waals surface area (Å²) in [6, 6.07) is 8.90. The quantitative estimate of drug-likeness (QED) is 0.351. The van der Waals surface area contributed by atoms with Gasteiger partial charge in [0.15, 0.2) is 0 Å². The average molecular weight is 579 g/mol. The lowest BCUT2D eigenvalue weighted by Gasteiger charge is -2.25. The highest BCUT2D eigenvalue weighted by atomic mass is 32.1. The maximum absolute atomic E-state index is 13.5. The van der Waals surface area contributed by atoms with Crippen molar-refractivity contribution in [3.63, 3.8) is 0 Å². The number of aromatic nitrogens is 2. The van der Waals surface area contributed by atoms with Crippen molar-refractivity contribution in [2.45, 2.75) is 57.2 Å². The van der Waals surface area contributed by atoms with Gasteiger partial charge in [-0.2, -0.15) is 0 Å². The summed E-state index contributed by atoms with van der Waals surface area (Å²) in [5, 5.41) is 13.8. The van der Waals surface area contributed by atoms with Gasteiger partial charge >= 0.3 is 0 Å². The number of fused-ring (bicyclic) bond motifs is 2. The van der Waals surface area contributed by atoms with E-state index in [9.17, 15) is 19.2 Å². The number of nitrogens with one attached hydrogen (secondary N) is 4. The number of ether oxygens (including phenoxy) is 1. The molecule has 2 bridgehead atoms. The molecule has 2 aromatic heterocycles. The molecule has 11 nitrogen and oxygen atoms in total. The maximum Gasteiger partial charge on any atom is 0.270 e. The van der Waals surface area contributed by atoms with Crippen molar-refractivity contribution in [3.05, 3.63) is 76.0 Å². The van der Waals surface area contributed by atoms with Gasteiger partial charge in [0.2, 0.25) is 11.8 Å². The fourth-order valence-corrected chi connectivity index (χ4v) is 5.35. The van der Waals surface area contributed by atoms with E-state index in [-0.39, 0.29) is 23.1 Å². The molecule has 1 aliphatic heterocycles. The molecule has 0 fully saturated rings. The number of carbonyl (C=O) groups excluding carboxylic acids is 4. The minimum atomic E-state index is -0.912. The molecule has 12 heteroatoms. The summed E-state index contributed by atoms with van der Waals surface area (Å²) in [6.07, 6.45) is 5.10. The third kappa shape index (κ3) is 7.88. The molecule has 4 amide bonds. The molecule has 3 atom stereocenters. The molecule has 0 radical (unpaired) electrons. The summed E-state index contributed by atoms with van der Waals surface area (Å²) in [5.41, 5.74) is 1.52. The fraction of sp³-hybridized carbons (Fsp3) is 0.379. The van der Waals surface area contributed by atoms with Gasteiger partial charge < -0.3 is 26.0 Å². The van der Waals surface area contributed by atoms with Gasteiger partial charge in [0.05, 0.1) is 24.9 Å². The molecule has 41 heavy (non-hydrogen) atoms. The van der Waals surface area contributed by atoms with E-state index < -0.39 is 29.9 Å². The molecule has 0 aliphatic carbocycles. The largest absolute Gasteiger partial charge is 0.494 e. The van der Waals surface area contributed by atoms with Gasteiger partial charge in [0.25, 0.3) is 11.8 Å². The van der Waals surface area contributed by atoms with Crippen LogP contribution in [0.25, 0.3) is 0 Å². The number of thiazole rings is 1. The van der Waals surface area contributed by atoms with Crippen molar-refractivity contribution in [2.75, 3.05) is 13.7 Å². The highest BCUT2D eigenvalue weighted by Gasteiger charge is 2.29.